The molecule has 1 aromatic carbocycles. The van der Waals surface area contributed by atoms with Crippen molar-refractivity contribution in [3.8, 4) is 22.8 Å². The molecule has 0 unspecified atom stereocenters. The van der Waals surface area contributed by atoms with Crippen LogP contribution in [0.25, 0.3) is 22.8 Å². The van der Waals surface area contributed by atoms with Crippen molar-refractivity contribution in [1.82, 2.24) is 19.9 Å². The second-order valence-corrected chi connectivity index (χ2v) is 7.02. The molecule has 3 aromatic heterocycles. The number of benzene rings is 1. The van der Waals surface area contributed by atoms with Crippen LogP contribution in [0.1, 0.15) is 16.8 Å². The predicted octanol–water partition coefficient (Wildman–Crippen LogP) is 4.36. The highest BCUT2D eigenvalue weighted by atomic mass is 16.3. The number of fused-ring (bicyclic) bond motifs is 1. The van der Waals surface area contributed by atoms with Crippen molar-refractivity contribution >= 4 is 0 Å². The van der Waals surface area contributed by atoms with Crippen LogP contribution in [0.2, 0.25) is 0 Å². The minimum atomic E-state index is 0.796. The van der Waals surface area contributed by atoms with Crippen molar-refractivity contribution < 1.29 is 4.42 Å². The Morgan fingerprint density at radius 2 is 1.86 bits per heavy atom. The first-order valence-corrected chi connectivity index (χ1v) is 9.46. The molecular weight excluding hydrogens is 348 g/mol. The number of furan rings is 1. The average molecular weight is 368 g/mol. The van der Waals surface area contributed by atoms with Crippen LogP contribution < -0.4 is 0 Å². The lowest BCUT2D eigenvalue weighted by Gasteiger charge is -2.28. The van der Waals surface area contributed by atoms with Gasteiger partial charge in [0.1, 0.15) is 5.69 Å². The van der Waals surface area contributed by atoms with E-state index in [0.29, 0.717) is 0 Å². The third kappa shape index (κ3) is 3.44. The Bertz CT molecular complexity index is 1060. The first kappa shape index (κ1) is 16.8. The minimum Gasteiger partial charge on any atom is -0.463 e. The van der Waals surface area contributed by atoms with E-state index in [4.69, 9.17) is 9.40 Å². The Kier molecular flexibility index (Phi) is 4.43. The van der Waals surface area contributed by atoms with E-state index in [1.54, 1.807) is 6.26 Å². The van der Waals surface area contributed by atoms with Gasteiger partial charge in [-0.3, -0.25) is 9.88 Å². The highest BCUT2D eigenvalue weighted by molar-refractivity contribution is 5.55. The molecule has 1 aliphatic heterocycles. The summed E-state index contributed by atoms with van der Waals surface area (Å²) < 4.78 is 5.40. The van der Waals surface area contributed by atoms with E-state index >= 15 is 0 Å². The number of nitrogens with zero attached hydrogens (tertiary/aromatic N) is 4. The molecule has 0 atom stereocenters. The van der Waals surface area contributed by atoms with Crippen LogP contribution >= 0.6 is 0 Å². The summed E-state index contributed by atoms with van der Waals surface area (Å²) >= 11 is 0. The molecular formula is C23H20N4O. The summed E-state index contributed by atoms with van der Waals surface area (Å²) in [7, 11) is 0. The van der Waals surface area contributed by atoms with Gasteiger partial charge >= 0.3 is 0 Å². The molecule has 5 rings (SSSR count). The van der Waals surface area contributed by atoms with E-state index in [-0.39, 0.29) is 0 Å². The third-order valence-corrected chi connectivity index (χ3v) is 5.05. The Morgan fingerprint density at radius 3 is 2.64 bits per heavy atom. The van der Waals surface area contributed by atoms with Gasteiger partial charge in [-0.15, -0.1) is 0 Å². The molecule has 4 aromatic rings. The number of hydrogen-bond donors (Lipinski definition) is 0. The maximum atomic E-state index is 5.40. The topological polar surface area (TPSA) is 55.1 Å². The van der Waals surface area contributed by atoms with Crippen LogP contribution in [0.4, 0.5) is 0 Å². The van der Waals surface area contributed by atoms with Gasteiger partial charge in [-0.25, -0.2) is 9.97 Å². The molecule has 0 bridgehead atoms. The highest BCUT2D eigenvalue weighted by Gasteiger charge is 2.19. The zero-order valence-electron chi connectivity index (χ0n) is 15.5. The van der Waals surface area contributed by atoms with Crippen LogP contribution in [0, 0.1) is 0 Å². The molecule has 1 aliphatic rings. The summed E-state index contributed by atoms with van der Waals surface area (Å²) in [6.07, 6.45) is 6.52. The van der Waals surface area contributed by atoms with Gasteiger partial charge in [0.25, 0.3) is 0 Å². The molecule has 0 saturated carbocycles. The van der Waals surface area contributed by atoms with E-state index in [1.807, 2.05) is 48.8 Å². The van der Waals surface area contributed by atoms with Crippen LogP contribution in [-0.4, -0.2) is 26.4 Å². The van der Waals surface area contributed by atoms with E-state index in [9.17, 15) is 0 Å². The lowest BCUT2D eigenvalue weighted by atomic mass is 10.1. The summed E-state index contributed by atoms with van der Waals surface area (Å²) in [5, 5.41) is 0. The van der Waals surface area contributed by atoms with Gasteiger partial charge in [0, 0.05) is 49.6 Å². The standard InChI is InChI=1S/C23H20N4O/c1-2-5-18(6-3-1)23-25-14-19-16-27(11-10-20(19)26-23)15-17-8-9-21(24-13-17)22-7-4-12-28-22/h1-9,12-14H,10-11,15-16H2. The van der Waals surface area contributed by atoms with Gasteiger partial charge in [0.05, 0.1) is 12.0 Å². The smallest absolute Gasteiger partial charge is 0.159 e. The van der Waals surface area contributed by atoms with Gasteiger partial charge in [0.15, 0.2) is 11.6 Å². The zero-order valence-corrected chi connectivity index (χ0v) is 15.5. The van der Waals surface area contributed by atoms with Crippen LogP contribution in [-0.2, 0) is 19.5 Å². The number of hydrogen-bond acceptors (Lipinski definition) is 5. The third-order valence-electron chi connectivity index (χ3n) is 5.05. The molecule has 5 heteroatoms. The highest BCUT2D eigenvalue weighted by Crippen LogP contribution is 2.23. The molecule has 0 spiro atoms. The summed E-state index contributed by atoms with van der Waals surface area (Å²) in [5.74, 6) is 1.61. The number of pyridine rings is 1. The first-order chi connectivity index (χ1) is 13.8. The van der Waals surface area contributed by atoms with Gasteiger partial charge in [0.2, 0.25) is 0 Å². The molecule has 4 heterocycles. The van der Waals surface area contributed by atoms with E-state index in [0.717, 1.165) is 54.6 Å². The fourth-order valence-corrected chi connectivity index (χ4v) is 3.58. The van der Waals surface area contributed by atoms with Gasteiger partial charge < -0.3 is 4.42 Å². The van der Waals surface area contributed by atoms with Gasteiger partial charge in [-0.2, -0.15) is 0 Å². The monoisotopic (exact) mass is 368 g/mol. The summed E-state index contributed by atoms with van der Waals surface area (Å²) in [4.78, 5) is 16.3. The Labute approximate surface area is 163 Å². The molecule has 0 radical (unpaired) electrons. The Hall–Kier alpha value is -3.31. The Balaban J connectivity index is 1.28. The number of aromatic nitrogens is 3. The van der Waals surface area contributed by atoms with E-state index < -0.39 is 0 Å². The van der Waals surface area contributed by atoms with Gasteiger partial charge in [-0.05, 0) is 23.8 Å². The maximum absolute atomic E-state index is 5.40. The molecule has 28 heavy (non-hydrogen) atoms. The molecule has 0 fully saturated rings. The average Bonchev–Trinajstić information content (AvgIpc) is 3.29. The summed E-state index contributed by atoms with van der Waals surface area (Å²) in [6.45, 7) is 2.72. The maximum Gasteiger partial charge on any atom is 0.159 e. The second-order valence-electron chi connectivity index (χ2n) is 7.02. The second kappa shape index (κ2) is 7.37. The SMILES string of the molecule is c1ccc(-c2ncc3c(n2)CCN(Cc2ccc(-c4ccco4)nc2)C3)cc1. The molecule has 138 valence electrons. The largest absolute Gasteiger partial charge is 0.463 e. The van der Waals surface area contributed by atoms with Crippen LogP contribution in [0.15, 0.2) is 77.7 Å². The van der Waals surface area contributed by atoms with Gasteiger partial charge in [-0.1, -0.05) is 36.4 Å². The molecule has 0 N–H and O–H groups in total. The first-order valence-electron chi connectivity index (χ1n) is 9.46. The van der Waals surface area contributed by atoms with Crippen molar-refractivity contribution in [2.45, 2.75) is 19.5 Å². The zero-order chi connectivity index (χ0) is 18.8. The molecule has 0 amide bonds. The van der Waals surface area contributed by atoms with Crippen molar-refractivity contribution in [2.75, 3.05) is 6.54 Å². The molecule has 5 nitrogen and oxygen atoms in total. The Morgan fingerprint density at radius 1 is 0.929 bits per heavy atom. The van der Waals surface area contributed by atoms with Crippen molar-refractivity contribution in [2.24, 2.45) is 0 Å². The normalized spacial score (nSPS) is 14.0. The fourth-order valence-electron chi connectivity index (χ4n) is 3.58. The van der Waals surface area contributed by atoms with Crippen molar-refractivity contribution in [1.29, 1.82) is 0 Å². The van der Waals surface area contributed by atoms with Crippen LogP contribution in [0.5, 0.6) is 0 Å². The molecule has 0 aliphatic carbocycles. The number of rotatable bonds is 4. The molecule has 0 saturated heterocycles. The van der Waals surface area contributed by atoms with Crippen molar-refractivity contribution in [3.05, 3.63) is 90.1 Å². The summed E-state index contributed by atoms with van der Waals surface area (Å²) in [5.41, 5.74) is 5.50. The van der Waals surface area contributed by atoms with E-state index in [1.165, 1.54) is 11.1 Å². The predicted molar refractivity (Wildman–Crippen MR) is 107 cm³/mol. The van der Waals surface area contributed by atoms with Crippen LogP contribution in [0.3, 0.4) is 0 Å². The lowest BCUT2D eigenvalue weighted by Crippen LogP contribution is -2.31. The lowest BCUT2D eigenvalue weighted by molar-refractivity contribution is 0.242. The van der Waals surface area contributed by atoms with Crippen molar-refractivity contribution in [3.63, 3.8) is 0 Å². The minimum absolute atomic E-state index is 0.796. The fraction of sp³-hybridized carbons (Fsp3) is 0.174. The quantitative estimate of drug-likeness (QED) is 0.536. The van der Waals surface area contributed by atoms with E-state index in [2.05, 4.69) is 33.1 Å². The summed E-state index contributed by atoms with van der Waals surface area (Å²) in [6, 6.07) is 18.1.